The van der Waals surface area contributed by atoms with Gasteiger partial charge in [0.05, 0.1) is 19.6 Å². The van der Waals surface area contributed by atoms with E-state index in [1.807, 2.05) is 19.0 Å². The highest BCUT2D eigenvalue weighted by Crippen LogP contribution is 2.40. The Morgan fingerprint density at radius 2 is 1.77 bits per heavy atom. The smallest absolute Gasteiger partial charge is 0.293 e. The minimum absolute atomic E-state index is 0.159. The minimum Gasteiger partial charge on any atom is -0.364 e. The first-order valence-corrected chi connectivity index (χ1v) is 12.2. The number of carbonyl (C=O) groups is 2. The number of fused-ring (bicyclic) bond motifs is 2. The van der Waals surface area contributed by atoms with Crippen LogP contribution in [0, 0.1) is 5.82 Å². The molecule has 0 atom stereocenters. The average molecular weight is 482 g/mol. The number of halogens is 1. The van der Waals surface area contributed by atoms with Crippen molar-refractivity contribution < 1.29 is 19.2 Å². The number of aromatic nitrogens is 1. The highest BCUT2D eigenvalue weighted by atomic mass is 19.1. The largest absolute Gasteiger partial charge is 0.364 e. The first-order valence-electron chi connectivity index (χ1n) is 12.2. The SMILES string of the molecule is CN1CCN(CCCc2cn(Cc3ccc(F)cc3)c3c2C2=C(C(=O)N(O)CC2)N(C)C3)CC1=O. The van der Waals surface area contributed by atoms with E-state index in [0.717, 1.165) is 59.9 Å². The standard InChI is InChI=1S/C26H32FN5O3/c1-28-12-13-30(17-23(28)33)10-3-4-19-15-31(14-18-5-7-20(27)8-6-18)22-16-29(2)25-21(24(19)22)9-11-32(35)26(25)34/h5-8,15,35H,3-4,9-14,16-17H2,1-2H3. The minimum atomic E-state index is -0.354. The molecule has 0 unspecified atom stereocenters. The molecule has 0 aliphatic carbocycles. The van der Waals surface area contributed by atoms with Gasteiger partial charge in [-0.05, 0) is 54.6 Å². The normalized spacial score (nSPS) is 18.9. The quantitative estimate of drug-likeness (QED) is 0.641. The Balaban J connectivity index is 1.44. The van der Waals surface area contributed by atoms with Gasteiger partial charge in [-0.15, -0.1) is 0 Å². The second-order valence-corrected chi connectivity index (χ2v) is 9.79. The molecule has 8 nitrogen and oxygen atoms in total. The number of aryl methyl sites for hydroxylation is 1. The van der Waals surface area contributed by atoms with E-state index in [2.05, 4.69) is 15.7 Å². The number of hydrogen-bond acceptors (Lipinski definition) is 5. The number of hydrogen-bond donors (Lipinski definition) is 1. The summed E-state index contributed by atoms with van der Waals surface area (Å²) in [6.07, 6.45) is 4.50. The van der Waals surface area contributed by atoms with Crippen molar-refractivity contribution in [3.63, 3.8) is 0 Å². The van der Waals surface area contributed by atoms with Crippen LogP contribution in [0.2, 0.25) is 0 Å². The lowest BCUT2D eigenvalue weighted by Gasteiger charge is -2.36. The van der Waals surface area contributed by atoms with E-state index in [0.29, 0.717) is 31.8 Å². The van der Waals surface area contributed by atoms with E-state index in [1.165, 1.54) is 17.7 Å². The fourth-order valence-corrected chi connectivity index (χ4v) is 5.44. The van der Waals surface area contributed by atoms with Gasteiger partial charge in [0.2, 0.25) is 5.91 Å². The summed E-state index contributed by atoms with van der Waals surface area (Å²) >= 11 is 0. The molecule has 1 aromatic heterocycles. The molecule has 35 heavy (non-hydrogen) atoms. The van der Waals surface area contributed by atoms with Gasteiger partial charge < -0.3 is 14.4 Å². The maximum atomic E-state index is 13.4. The van der Waals surface area contributed by atoms with Crippen molar-refractivity contribution >= 4 is 17.4 Å². The van der Waals surface area contributed by atoms with Crippen LogP contribution in [0.15, 0.2) is 36.2 Å². The Hall–Kier alpha value is -3.17. The van der Waals surface area contributed by atoms with Crippen LogP contribution in [0.5, 0.6) is 0 Å². The van der Waals surface area contributed by atoms with E-state index in [-0.39, 0.29) is 24.2 Å². The second-order valence-electron chi connectivity index (χ2n) is 9.79. The summed E-state index contributed by atoms with van der Waals surface area (Å²) in [6.45, 7) is 4.39. The van der Waals surface area contributed by atoms with Crippen molar-refractivity contribution in [3.05, 3.63) is 64.4 Å². The number of hydroxylamine groups is 2. The van der Waals surface area contributed by atoms with Crippen LogP contribution in [0.4, 0.5) is 4.39 Å². The van der Waals surface area contributed by atoms with Gasteiger partial charge in [-0.25, -0.2) is 9.45 Å². The van der Waals surface area contributed by atoms with Crippen molar-refractivity contribution in [2.75, 3.05) is 46.8 Å². The highest BCUT2D eigenvalue weighted by molar-refractivity contribution is 6.02. The van der Waals surface area contributed by atoms with E-state index >= 15 is 0 Å². The Kier molecular flexibility index (Phi) is 6.37. The molecule has 0 bridgehead atoms. The van der Waals surface area contributed by atoms with Crippen LogP contribution < -0.4 is 0 Å². The van der Waals surface area contributed by atoms with Crippen molar-refractivity contribution in [3.8, 4) is 0 Å². The molecule has 0 saturated carbocycles. The van der Waals surface area contributed by atoms with Crippen LogP contribution in [-0.2, 0) is 29.1 Å². The summed E-state index contributed by atoms with van der Waals surface area (Å²) in [4.78, 5) is 30.8. The van der Waals surface area contributed by atoms with Crippen molar-refractivity contribution in [2.45, 2.75) is 32.4 Å². The van der Waals surface area contributed by atoms with E-state index in [1.54, 1.807) is 17.0 Å². The van der Waals surface area contributed by atoms with Crippen molar-refractivity contribution in [1.82, 2.24) is 24.3 Å². The lowest BCUT2D eigenvalue weighted by molar-refractivity contribution is -0.163. The summed E-state index contributed by atoms with van der Waals surface area (Å²) in [5.41, 5.74) is 6.01. The third-order valence-electron chi connectivity index (χ3n) is 7.36. The molecular weight excluding hydrogens is 449 g/mol. The molecule has 5 rings (SSSR count). The molecule has 1 N–H and O–H groups in total. The molecule has 2 aromatic rings. The number of amides is 2. The Bertz CT molecular complexity index is 1170. The number of carbonyl (C=O) groups excluding carboxylic acids is 2. The van der Waals surface area contributed by atoms with Gasteiger partial charge in [-0.3, -0.25) is 19.7 Å². The van der Waals surface area contributed by atoms with Gasteiger partial charge in [0.15, 0.2) is 0 Å². The number of rotatable bonds is 6. The zero-order valence-corrected chi connectivity index (χ0v) is 20.3. The number of nitrogens with zero attached hydrogens (tertiary/aromatic N) is 5. The van der Waals surface area contributed by atoms with E-state index in [4.69, 9.17) is 0 Å². The monoisotopic (exact) mass is 481 g/mol. The van der Waals surface area contributed by atoms with Crippen molar-refractivity contribution in [2.24, 2.45) is 0 Å². The Labute approximate surface area is 204 Å². The van der Waals surface area contributed by atoms with Crippen LogP contribution in [0.3, 0.4) is 0 Å². The third kappa shape index (κ3) is 4.58. The number of piperazine rings is 1. The summed E-state index contributed by atoms with van der Waals surface area (Å²) in [5, 5.41) is 10.9. The summed E-state index contributed by atoms with van der Waals surface area (Å²) < 4.78 is 15.7. The third-order valence-corrected chi connectivity index (χ3v) is 7.36. The average Bonchev–Trinajstić information content (AvgIpc) is 3.16. The van der Waals surface area contributed by atoms with E-state index in [9.17, 15) is 19.2 Å². The van der Waals surface area contributed by atoms with Crippen LogP contribution in [-0.4, -0.2) is 88.2 Å². The van der Waals surface area contributed by atoms with Crippen LogP contribution in [0.1, 0.15) is 35.2 Å². The molecule has 1 fully saturated rings. The predicted molar refractivity (Wildman–Crippen MR) is 129 cm³/mol. The van der Waals surface area contributed by atoms with Crippen LogP contribution >= 0.6 is 0 Å². The van der Waals surface area contributed by atoms with Gasteiger partial charge in [0, 0.05) is 51.2 Å². The molecular formula is C26H32FN5O3. The van der Waals surface area contributed by atoms with E-state index < -0.39 is 0 Å². The van der Waals surface area contributed by atoms with Gasteiger partial charge in [0.25, 0.3) is 5.91 Å². The molecule has 1 saturated heterocycles. The van der Waals surface area contributed by atoms with Gasteiger partial charge in [-0.1, -0.05) is 12.1 Å². The molecule has 4 heterocycles. The lowest BCUT2D eigenvalue weighted by Crippen LogP contribution is -2.48. The molecule has 2 amide bonds. The fourth-order valence-electron chi connectivity index (χ4n) is 5.44. The van der Waals surface area contributed by atoms with Crippen LogP contribution in [0.25, 0.3) is 5.57 Å². The zero-order valence-electron chi connectivity index (χ0n) is 20.3. The predicted octanol–water partition coefficient (Wildman–Crippen LogP) is 2.16. The number of likely N-dealkylation sites (N-methyl/N-ethyl adjacent to an activating group) is 2. The first kappa shape index (κ1) is 23.6. The maximum Gasteiger partial charge on any atom is 0.293 e. The molecule has 1 aromatic carbocycles. The Morgan fingerprint density at radius 3 is 2.51 bits per heavy atom. The van der Waals surface area contributed by atoms with Gasteiger partial charge in [0.1, 0.15) is 11.5 Å². The lowest BCUT2D eigenvalue weighted by atomic mass is 9.89. The summed E-state index contributed by atoms with van der Waals surface area (Å²) in [7, 11) is 3.73. The first-order chi connectivity index (χ1) is 16.8. The Morgan fingerprint density at radius 1 is 1.00 bits per heavy atom. The number of benzene rings is 1. The summed E-state index contributed by atoms with van der Waals surface area (Å²) in [5.74, 6) is -0.450. The van der Waals surface area contributed by atoms with Gasteiger partial charge in [-0.2, -0.15) is 0 Å². The summed E-state index contributed by atoms with van der Waals surface area (Å²) in [6, 6.07) is 6.56. The maximum absolute atomic E-state index is 13.4. The fraction of sp³-hybridized carbons (Fsp3) is 0.462. The molecule has 9 heteroatoms. The van der Waals surface area contributed by atoms with Gasteiger partial charge >= 0.3 is 0 Å². The molecule has 0 spiro atoms. The molecule has 0 radical (unpaired) electrons. The zero-order chi connectivity index (χ0) is 24.7. The molecule has 3 aliphatic heterocycles. The van der Waals surface area contributed by atoms with Crippen molar-refractivity contribution in [1.29, 1.82) is 0 Å². The second kappa shape index (κ2) is 9.47. The highest BCUT2D eigenvalue weighted by Gasteiger charge is 2.36. The molecule has 186 valence electrons. The molecule has 3 aliphatic rings. The topological polar surface area (TPSA) is 72.3 Å².